The zero-order valence-electron chi connectivity index (χ0n) is 29.7. The molecular weight excluding hydrogens is 526 g/mol. The number of pyridine rings is 2. The highest BCUT2D eigenvalue weighted by atomic mass is 35.5. The Morgan fingerprint density at radius 3 is 2.85 bits per heavy atom. The van der Waals surface area contributed by atoms with Gasteiger partial charge in [-0.05, 0) is 63.4 Å². The van der Waals surface area contributed by atoms with Gasteiger partial charge in [-0.15, -0.1) is 0 Å². The Balaban J connectivity index is 1.69. The number of ketones is 1. The molecule has 40 heavy (non-hydrogen) atoms. The fourth-order valence-electron chi connectivity index (χ4n) is 3.70. The smallest absolute Gasteiger partial charge is 0.159 e. The van der Waals surface area contributed by atoms with Crippen LogP contribution in [0.15, 0.2) is 73.1 Å². The van der Waals surface area contributed by atoms with Crippen LogP contribution in [-0.4, -0.2) is 47.8 Å². The Morgan fingerprint density at radius 1 is 1.25 bits per heavy atom. The van der Waals surface area contributed by atoms with E-state index in [1.807, 2.05) is 0 Å². The first-order chi connectivity index (χ1) is 22.5. The summed E-state index contributed by atoms with van der Waals surface area (Å²) in [4.78, 5) is 21.8. The first-order valence-corrected chi connectivity index (χ1v) is 12.5. The lowest BCUT2D eigenvalue weighted by Gasteiger charge is -2.16. The standard InChI is InChI=1S/C31H30ClN5O3/c1-4-39-30-17-28-26(15-21(30)14-25(38)9-7-13-37(2)3)31(22(18-33)19-35-28)36-23-10-11-29(27(32)16-23)40-20-24-8-5-6-12-34-24/h5-12,15-17,19H,4,13-14,20H2,1-3H3,(H,35,36)/b9-7+/i2D3,7D,13D2,20D2. The average Bonchev–Trinajstić information content (AvgIpc) is 3.02. The number of rotatable bonds is 12. The van der Waals surface area contributed by atoms with E-state index in [1.54, 1.807) is 37.3 Å². The molecule has 0 aliphatic rings. The summed E-state index contributed by atoms with van der Waals surface area (Å²) in [5.74, 6) is -0.331. The molecule has 2 heterocycles. The molecule has 0 amide bonds. The number of benzene rings is 2. The summed E-state index contributed by atoms with van der Waals surface area (Å²) in [6.45, 7) is -5.88. The van der Waals surface area contributed by atoms with Gasteiger partial charge < -0.3 is 19.7 Å². The summed E-state index contributed by atoms with van der Waals surface area (Å²) in [6.07, 6.45) is 3.21. The van der Waals surface area contributed by atoms with Crippen molar-refractivity contribution in [2.45, 2.75) is 19.9 Å². The summed E-state index contributed by atoms with van der Waals surface area (Å²) in [6, 6.07) is 13.7. The van der Waals surface area contributed by atoms with E-state index in [-0.39, 0.29) is 35.1 Å². The molecule has 0 aliphatic heterocycles. The Hall–Kier alpha value is -4.45. The Kier molecular flexibility index (Phi) is 6.64. The Bertz CT molecular complexity index is 1900. The van der Waals surface area contributed by atoms with Gasteiger partial charge in [0.2, 0.25) is 0 Å². The molecule has 0 unspecified atom stereocenters. The quantitative estimate of drug-likeness (QED) is 0.206. The summed E-state index contributed by atoms with van der Waals surface area (Å²) >= 11 is 6.47. The van der Waals surface area contributed by atoms with Gasteiger partial charge in [0.25, 0.3) is 0 Å². The molecule has 9 heteroatoms. The van der Waals surface area contributed by atoms with Crippen LogP contribution in [0.1, 0.15) is 34.7 Å². The number of likely N-dealkylation sites (N-methyl/N-ethyl adjacent to an activating group) is 1. The van der Waals surface area contributed by atoms with Crippen LogP contribution in [0.4, 0.5) is 11.4 Å². The number of allylic oxidation sites excluding steroid dienone is 1. The molecule has 0 saturated heterocycles. The largest absolute Gasteiger partial charge is 0.494 e. The minimum Gasteiger partial charge on any atom is -0.494 e. The minimum absolute atomic E-state index is 0.0522. The third-order valence-electron chi connectivity index (χ3n) is 5.43. The van der Waals surface area contributed by atoms with E-state index in [1.165, 1.54) is 30.6 Å². The van der Waals surface area contributed by atoms with Crippen LogP contribution in [-0.2, 0) is 17.8 Å². The highest BCUT2D eigenvalue weighted by Crippen LogP contribution is 2.36. The number of halogens is 1. The molecule has 2 aromatic carbocycles. The van der Waals surface area contributed by atoms with Gasteiger partial charge in [0, 0.05) is 54.9 Å². The predicted molar refractivity (Wildman–Crippen MR) is 157 cm³/mol. The van der Waals surface area contributed by atoms with Crippen LogP contribution in [0.25, 0.3) is 10.9 Å². The fraction of sp³-hybridized carbons (Fsp3) is 0.226. The molecule has 2 aromatic heterocycles. The number of hydrogen-bond acceptors (Lipinski definition) is 8. The lowest BCUT2D eigenvalue weighted by Crippen LogP contribution is -2.11. The van der Waals surface area contributed by atoms with Crippen molar-refractivity contribution in [2.75, 3.05) is 32.4 Å². The molecule has 1 N–H and O–H groups in total. The zero-order chi connectivity index (χ0) is 35.4. The lowest BCUT2D eigenvalue weighted by atomic mass is 10.0. The van der Waals surface area contributed by atoms with Gasteiger partial charge in [-0.2, -0.15) is 5.26 Å². The molecular formula is C31H30ClN5O3. The number of nitrogens with zero attached hydrogens (tertiary/aromatic N) is 4. The average molecular weight is 564 g/mol. The number of hydrogen-bond donors (Lipinski definition) is 1. The minimum atomic E-state index is -2.84. The molecule has 0 spiro atoms. The van der Waals surface area contributed by atoms with Crippen molar-refractivity contribution in [3.8, 4) is 17.6 Å². The maximum absolute atomic E-state index is 13.1. The zero-order valence-corrected chi connectivity index (χ0v) is 22.4. The number of carbonyl (C=O) groups excluding carboxylic acids is 1. The molecule has 8 nitrogen and oxygen atoms in total. The van der Waals surface area contributed by atoms with Crippen LogP contribution >= 0.6 is 11.6 Å². The number of carbonyl (C=O) groups is 1. The predicted octanol–water partition coefficient (Wildman–Crippen LogP) is 6.11. The first-order valence-electron chi connectivity index (χ1n) is 16.1. The summed E-state index contributed by atoms with van der Waals surface area (Å²) in [5.41, 5.74) is 1.71. The van der Waals surface area contributed by atoms with Gasteiger partial charge in [0.05, 0.1) is 38.2 Å². The van der Waals surface area contributed by atoms with Gasteiger partial charge in [0.1, 0.15) is 24.1 Å². The third-order valence-corrected chi connectivity index (χ3v) is 5.73. The van der Waals surface area contributed by atoms with E-state index in [2.05, 4.69) is 21.4 Å². The van der Waals surface area contributed by atoms with E-state index >= 15 is 0 Å². The van der Waals surface area contributed by atoms with Gasteiger partial charge >= 0.3 is 0 Å². The second kappa shape index (κ2) is 13.6. The van der Waals surface area contributed by atoms with Crippen LogP contribution in [0.3, 0.4) is 0 Å². The van der Waals surface area contributed by atoms with Crippen LogP contribution in [0, 0.1) is 11.3 Å². The van der Waals surface area contributed by atoms with E-state index < -0.39 is 31.9 Å². The fourth-order valence-corrected chi connectivity index (χ4v) is 3.92. The molecule has 0 radical (unpaired) electrons. The summed E-state index contributed by atoms with van der Waals surface area (Å²) in [7, 11) is 0.999. The molecule has 4 aromatic rings. The van der Waals surface area contributed by atoms with E-state index in [0.29, 0.717) is 38.5 Å². The van der Waals surface area contributed by atoms with Crippen molar-refractivity contribution in [3.05, 3.63) is 94.9 Å². The van der Waals surface area contributed by atoms with Gasteiger partial charge in [0.15, 0.2) is 5.78 Å². The lowest BCUT2D eigenvalue weighted by molar-refractivity contribution is -0.114. The number of ether oxygens (including phenoxy) is 2. The van der Waals surface area contributed by atoms with Crippen LogP contribution in [0.5, 0.6) is 11.5 Å². The second-order valence-corrected chi connectivity index (χ2v) is 8.77. The molecule has 0 atom stereocenters. The highest BCUT2D eigenvalue weighted by Gasteiger charge is 2.16. The van der Waals surface area contributed by atoms with Crippen molar-refractivity contribution in [3.63, 3.8) is 0 Å². The Morgan fingerprint density at radius 2 is 2.12 bits per heavy atom. The molecule has 0 aliphatic carbocycles. The topological polar surface area (TPSA) is 100 Å². The normalized spacial score (nSPS) is 15.3. The van der Waals surface area contributed by atoms with Gasteiger partial charge in [-0.1, -0.05) is 23.7 Å². The summed E-state index contributed by atoms with van der Waals surface area (Å²) < 4.78 is 74.5. The highest BCUT2D eigenvalue weighted by molar-refractivity contribution is 6.32. The number of anilines is 2. The molecule has 4 rings (SSSR count). The third kappa shape index (κ3) is 7.35. The number of nitrogens with one attached hydrogen (secondary N) is 1. The Labute approximate surface area is 250 Å². The SMILES string of the molecule is [2H]/C(=C\C(=O)Cc1cc2c(Nc3ccc(OC([2H])([2H])c4ccccn4)c(Cl)c3)c(C#N)cnc2cc1OCC)C([2H])([2H])N(C)C([2H])([2H])[2H]. The number of fused-ring (bicyclic) bond motifs is 1. The molecule has 0 bridgehead atoms. The van der Waals surface area contributed by atoms with Gasteiger partial charge in [-0.3, -0.25) is 14.8 Å². The second-order valence-electron chi connectivity index (χ2n) is 8.36. The van der Waals surface area contributed by atoms with Crippen LogP contribution < -0.4 is 14.8 Å². The molecule has 204 valence electrons. The number of nitriles is 1. The van der Waals surface area contributed by atoms with E-state index in [0.717, 1.165) is 13.1 Å². The van der Waals surface area contributed by atoms with E-state index in [9.17, 15) is 10.1 Å². The van der Waals surface area contributed by atoms with E-state index in [4.69, 9.17) is 32.0 Å². The summed E-state index contributed by atoms with van der Waals surface area (Å²) in [5, 5.41) is 13.6. The molecule has 0 fully saturated rings. The van der Waals surface area contributed by atoms with Gasteiger partial charge in [-0.25, -0.2) is 0 Å². The van der Waals surface area contributed by atoms with Crippen LogP contribution in [0.2, 0.25) is 5.02 Å². The van der Waals surface area contributed by atoms with Crippen molar-refractivity contribution >= 4 is 39.7 Å². The maximum Gasteiger partial charge on any atom is 0.159 e. The van der Waals surface area contributed by atoms with Crippen molar-refractivity contribution in [1.29, 1.82) is 5.26 Å². The van der Waals surface area contributed by atoms with Crippen molar-refractivity contribution < 1.29 is 25.2 Å². The maximum atomic E-state index is 13.1. The van der Waals surface area contributed by atoms with Crippen molar-refractivity contribution in [2.24, 2.45) is 0 Å². The van der Waals surface area contributed by atoms with Crippen molar-refractivity contribution in [1.82, 2.24) is 14.9 Å². The first kappa shape index (κ1) is 19.6. The number of aromatic nitrogens is 2. The molecule has 0 saturated carbocycles. The monoisotopic (exact) mass is 563 g/mol.